The van der Waals surface area contributed by atoms with Gasteiger partial charge in [0, 0.05) is 22.3 Å². The zero-order valence-corrected chi connectivity index (χ0v) is 27.9. The molecule has 7 aromatic carbocycles. The minimum atomic E-state index is -5.28. The average molecular weight is 715 g/mol. The number of nitrogens with zero attached hydrogens (tertiary/aromatic N) is 4. The summed E-state index contributed by atoms with van der Waals surface area (Å²) in [5.74, 6) is -4.70. The van der Waals surface area contributed by atoms with Crippen LogP contribution in [0, 0.1) is 0 Å². The van der Waals surface area contributed by atoms with E-state index in [9.17, 15) is 26.3 Å². The number of halogens is 6. The van der Waals surface area contributed by atoms with E-state index in [-0.39, 0.29) is 5.69 Å². The van der Waals surface area contributed by atoms with E-state index >= 15 is 0 Å². The lowest BCUT2D eigenvalue weighted by molar-refractivity contribution is -0.155. The maximum Gasteiger partial charge on any atom is 0.451 e. The van der Waals surface area contributed by atoms with Crippen molar-refractivity contribution in [2.24, 2.45) is 0 Å². The quantitative estimate of drug-likeness (QED) is 0.125. The zero-order chi connectivity index (χ0) is 36.6. The lowest BCUT2D eigenvalue weighted by Crippen LogP contribution is -2.32. The first-order valence-electron chi connectivity index (χ1n) is 16.8. The molecule has 260 valence electrons. The van der Waals surface area contributed by atoms with Crippen LogP contribution in [-0.4, -0.2) is 15.0 Å². The van der Waals surface area contributed by atoms with Gasteiger partial charge in [-0.15, -0.1) is 0 Å². The molecule has 10 rings (SSSR count). The van der Waals surface area contributed by atoms with Crippen LogP contribution in [0.5, 0.6) is 0 Å². The Morgan fingerprint density at radius 2 is 0.943 bits per heavy atom. The molecule has 1 aliphatic heterocycles. The second-order valence-corrected chi connectivity index (χ2v) is 13.9. The number of benzene rings is 7. The minimum Gasteiger partial charge on any atom is -0.456 e. The predicted molar refractivity (Wildman–Crippen MR) is 194 cm³/mol. The van der Waals surface area contributed by atoms with E-state index in [4.69, 9.17) is 4.42 Å². The SMILES string of the molecule is CC1(C)c2cc3ccccc3cc2N(c2nc(C(F)(F)F)nc(C(F)(F)F)n2)c2cc3oc4cc5c6ccccc6c6ccccc6c5cc4c3cc21. The molecule has 0 N–H and O–H groups in total. The molecule has 0 aliphatic carbocycles. The van der Waals surface area contributed by atoms with Gasteiger partial charge in [-0.05, 0) is 84.5 Å². The monoisotopic (exact) mass is 714 g/mol. The van der Waals surface area contributed by atoms with Crippen molar-refractivity contribution in [3.63, 3.8) is 0 Å². The van der Waals surface area contributed by atoms with Gasteiger partial charge in [-0.25, -0.2) is 4.98 Å². The van der Waals surface area contributed by atoms with Gasteiger partial charge in [0.1, 0.15) is 11.2 Å². The average Bonchev–Trinajstić information content (AvgIpc) is 3.49. The van der Waals surface area contributed by atoms with Crippen LogP contribution in [-0.2, 0) is 17.8 Å². The second kappa shape index (κ2) is 10.4. The van der Waals surface area contributed by atoms with Crippen LogP contribution in [0.15, 0.2) is 114 Å². The van der Waals surface area contributed by atoms with Crippen molar-refractivity contribution in [3.05, 3.63) is 132 Å². The van der Waals surface area contributed by atoms with Crippen LogP contribution in [0.3, 0.4) is 0 Å². The van der Waals surface area contributed by atoms with Gasteiger partial charge in [-0.3, -0.25) is 4.90 Å². The summed E-state index contributed by atoms with van der Waals surface area (Å²) >= 11 is 0. The highest BCUT2D eigenvalue weighted by atomic mass is 19.4. The lowest BCUT2D eigenvalue weighted by Gasteiger charge is -2.41. The van der Waals surface area contributed by atoms with Gasteiger partial charge < -0.3 is 4.42 Å². The molecule has 0 spiro atoms. The number of fused-ring (bicyclic) bond motifs is 12. The Bertz CT molecular complexity index is 3000. The Kier molecular flexibility index (Phi) is 6.20. The molecule has 11 heteroatoms. The van der Waals surface area contributed by atoms with Crippen molar-refractivity contribution in [2.45, 2.75) is 31.6 Å². The first-order chi connectivity index (χ1) is 25.3. The van der Waals surface area contributed by atoms with Crippen molar-refractivity contribution in [1.82, 2.24) is 15.0 Å². The van der Waals surface area contributed by atoms with Crippen molar-refractivity contribution in [1.29, 1.82) is 0 Å². The van der Waals surface area contributed by atoms with Crippen LogP contribution in [0.1, 0.15) is 36.6 Å². The third-order valence-electron chi connectivity index (χ3n) is 10.5. The first kappa shape index (κ1) is 31.5. The summed E-state index contributed by atoms with van der Waals surface area (Å²) in [7, 11) is 0. The summed E-state index contributed by atoms with van der Waals surface area (Å²) in [6.45, 7) is 3.96. The maximum absolute atomic E-state index is 14.1. The second-order valence-electron chi connectivity index (χ2n) is 13.9. The highest BCUT2D eigenvalue weighted by molar-refractivity contribution is 6.28. The van der Waals surface area contributed by atoms with Crippen molar-refractivity contribution in [2.75, 3.05) is 4.90 Å². The van der Waals surface area contributed by atoms with E-state index in [1.54, 1.807) is 12.1 Å². The summed E-state index contributed by atoms with van der Waals surface area (Å²) in [6, 6.07) is 35.1. The molecule has 0 radical (unpaired) electrons. The number of alkyl halides is 6. The number of furan rings is 1. The van der Waals surface area contributed by atoms with Crippen molar-refractivity contribution in [3.8, 4) is 0 Å². The summed E-state index contributed by atoms with van der Waals surface area (Å²) in [5.41, 5.74) is 2.14. The number of anilines is 3. The molecule has 3 heterocycles. The predicted octanol–water partition coefficient (Wildman–Crippen LogP) is 12.5. The van der Waals surface area contributed by atoms with Crippen LogP contribution in [0.4, 0.5) is 43.7 Å². The largest absolute Gasteiger partial charge is 0.456 e. The van der Waals surface area contributed by atoms with Crippen LogP contribution >= 0.6 is 0 Å². The zero-order valence-electron chi connectivity index (χ0n) is 27.9. The van der Waals surface area contributed by atoms with Crippen LogP contribution in [0.2, 0.25) is 0 Å². The van der Waals surface area contributed by atoms with Gasteiger partial charge in [0.25, 0.3) is 0 Å². The van der Waals surface area contributed by atoms with Gasteiger partial charge >= 0.3 is 12.4 Å². The number of aromatic nitrogens is 3. The van der Waals surface area contributed by atoms with E-state index in [0.29, 0.717) is 28.0 Å². The number of hydrogen-bond acceptors (Lipinski definition) is 5. The summed E-state index contributed by atoms with van der Waals surface area (Å²) < 4.78 is 91.2. The molecule has 0 bridgehead atoms. The smallest absolute Gasteiger partial charge is 0.451 e. The van der Waals surface area contributed by atoms with Crippen molar-refractivity contribution < 1.29 is 30.8 Å². The highest BCUT2D eigenvalue weighted by Gasteiger charge is 2.44. The Balaban J connectivity index is 1.31. The lowest BCUT2D eigenvalue weighted by atomic mass is 9.72. The van der Waals surface area contributed by atoms with E-state index in [1.165, 1.54) is 4.90 Å². The van der Waals surface area contributed by atoms with Crippen LogP contribution in [0.25, 0.3) is 65.0 Å². The highest BCUT2D eigenvalue weighted by Crippen LogP contribution is 2.54. The van der Waals surface area contributed by atoms with E-state index in [2.05, 4.69) is 45.3 Å². The standard InChI is InChI=1S/C42H24F6N4O/c1-40(2)31-15-21-9-3-4-10-22(21)16-33(31)52(39-50-37(41(43,44)45)49-38(51-39)42(46,47)48)34-20-36-30(18-32(34)40)29-17-27-25-13-7-5-11-23(25)24-12-6-8-14-26(24)28(27)19-35(29)53-36/h3-20H,1-2H3. The number of hydrogen-bond donors (Lipinski definition) is 0. The third-order valence-corrected chi connectivity index (χ3v) is 10.5. The molecule has 0 unspecified atom stereocenters. The first-order valence-corrected chi connectivity index (χ1v) is 16.8. The molecule has 0 fully saturated rings. The molecular weight excluding hydrogens is 690 g/mol. The molecule has 5 nitrogen and oxygen atoms in total. The summed E-state index contributed by atoms with van der Waals surface area (Å²) in [5, 5.41) is 9.48. The van der Waals surface area contributed by atoms with Gasteiger partial charge in [-0.2, -0.15) is 36.3 Å². The molecule has 53 heavy (non-hydrogen) atoms. The third kappa shape index (κ3) is 4.55. The Hall–Kier alpha value is -6.23. The molecular formula is C42H24F6N4O. The molecule has 9 aromatic rings. The van der Waals surface area contributed by atoms with Gasteiger partial charge in [-0.1, -0.05) is 86.6 Å². The fraction of sp³-hybridized carbons (Fsp3) is 0.119. The Morgan fingerprint density at radius 1 is 0.491 bits per heavy atom. The molecule has 0 atom stereocenters. The molecule has 0 amide bonds. The maximum atomic E-state index is 14.1. The topological polar surface area (TPSA) is 55.1 Å². The van der Waals surface area contributed by atoms with Gasteiger partial charge in [0.15, 0.2) is 0 Å². The van der Waals surface area contributed by atoms with E-state index in [1.807, 2.05) is 80.6 Å². The Labute approximate surface area is 296 Å². The minimum absolute atomic E-state index is 0.289. The molecule has 1 aliphatic rings. The van der Waals surface area contributed by atoms with Crippen LogP contribution < -0.4 is 4.90 Å². The summed E-state index contributed by atoms with van der Waals surface area (Å²) in [6.07, 6.45) is -10.6. The molecule has 2 aromatic heterocycles. The fourth-order valence-corrected chi connectivity index (χ4v) is 8.02. The molecule has 0 saturated heterocycles. The Morgan fingerprint density at radius 3 is 1.53 bits per heavy atom. The van der Waals surface area contributed by atoms with Crippen molar-refractivity contribution >= 4 is 82.4 Å². The fourth-order valence-electron chi connectivity index (χ4n) is 8.02. The van der Waals surface area contributed by atoms with E-state index in [0.717, 1.165) is 53.9 Å². The van der Waals surface area contributed by atoms with Gasteiger partial charge in [0.05, 0.1) is 11.4 Å². The molecule has 0 saturated carbocycles. The summed E-state index contributed by atoms with van der Waals surface area (Å²) in [4.78, 5) is 11.3. The number of rotatable bonds is 1. The van der Waals surface area contributed by atoms with E-state index < -0.39 is 35.4 Å². The van der Waals surface area contributed by atoms with Gasteiger partial charge in [0.2, 0.25) is 17.6 Å². The normalized spacial score (nSPS) is 14.5.